The van der Waals surface area contributed by atoms with Gasteiger partial charge in [0.25, 0.3) is 0 Å². The number of hydrogen-bond acceptors (Lipinski definition) is 2. The first-order valence-electron chi connectivity index (χ1n) is 6.65. The van der Waals surface area contributed by atoms with Crippen molar-refractivity contribution >= 4 is 16.6 Å². The molecule has 2 N–H and O–H groups in total. The largest absolute Gasteiger partial charge is 0.497 e. The Kier molecular flexibility index (Phi) is 3.11. The number of methoxy groups -OCH3 is 1. The van der Waals surface area contributed by atoms with Crippen LogP contribution in [0.25, 0.3) is 10.9 Å². The van der Waals surface area contributed by atoms with Crippen LogP contribution in [0.2, 0.25) is 0 Å². The van der Waals surface area contributed by atoms with Crippen LogP contribution < -0.4 is 10.5 Å². The van der Waals surface area contributed by atoms with E-state index in [1.165, 1.54) is 22.2 Å². The summed E-state index contributed by atoms with van der Waals surface area (Å²) in [6, 6.07) is 16.4. The molecule has 1 aromatic heterocycles. The molecule has 3 nitrogen and oxygen atoms in total. The van der Waals surface area contributed by atoms with E-state index in [9.17, 15) is 0 Å². The van der Waals surface area contributed by atoms with Crippen LogP contribution in [0.15, 0.2) is 48.5 Å². The Balaban J connectivity index is 2.02. The van der Waals surface area contributed by atoms with Crippen molar-refractivity contribution in [3.63, 3.8) is 0 Å². The Labute approximate surface area is 118 Å². The van der Waals surface area contributed by atoms with E-state index in [0.29, 0.717) is 0 Å². The van der Waals surface area contributed by atoms with Gasteiger partial charge in [-0.15, -0.1) is 0 Å². The minimum Gasteiger partial charge on any atom is -0.497 e. The maximum Gasteiger partial charge on any atom is 0.119 e. The van der Waals surface area contributed by atoms with Crippen LogP contribution in [0.5, 0.6) is 5.75 Å². The molecule has 0 bridgehead atoms. The van der Waals surface area contributed by atoms with Crippen molar-refractivity contribution in [2.75, 3.05) is 12.8 Å². The first-order chi connectivity index (χ1) is 9.67. The van der Waals surface area contributed by atoms with E-state index >= 15 is 0 Å². The monoisotopic (exact) mass is 266 g/mol. The first-order valence-corrected chi connectivity index (χ1v) is 6.65. The number of ether oxygens (including phenoxy) is 1. The summed E-state index contributed by atoms with van der Waals surface area (Å²) in [5.74, 6) is 0.891. The maximum absolute atomic E-state index is 5.73. The zero-order valence-electron chi connectivity index (χ0n) is 11.8. The molecule has 0 saturated heterocycles. The second-order valence-corrected chi connectivity index (χ2v) is 5.04. The fraction of sp³-hybridized carbons (Fsp3) is 0.176. The fourth-order valence-corrected chi connectivity index (χ4v) is 2.53. The summed E-state index contributed by atoms with van der Waals surface area (Å²) in [6.45, 7) is 2.98. The number of hydrogen-bond donors (Lipinski definition) is 1. The number of fused-ring (bicyclic) bond motifs is 1. The Morgan fingerprint density at radius 2 is 1.80 bits per heavy atom. The van der Waals surface area contributed by atoms with Crippen molar-refractivity contribution in [1.29, 1.82) is 0 Å². The lowest BCUT2D eigenvalue weighted by molar-refractivity contribution is 0.415. The average Bonchev–Trinajstić information content (AvgIpc) is 2.76. The number of nitrogen functional groups attached to an aromatic ring is 1. The molecule has 0 aliphatic rings. The molecule has 0 unspecified atom stereocenters. The molecule has 0 radical (unpaired) electrons. The van der Waals surface area contributed by atoms with Crippen LogP contribution in [0.3, 0.4) is 0 Å². The fourth-order valence-electron chi connectivity index (χ4n) is 2.53. The molecule has 3 rings (SSSR count). The second-order valence-electron chi connectivity index (χ2n) is 5.04. The predicted octanol–water partition coefficient (Wildman–Crippen LogP) is 3.59. The molecular weight excluding hydrogens is 248 g/mol. The van der Waals surface area contributed by atoms with Gasteiger partial charge >= 0.3 is 0 Å². The molecule has 0 spiro atoms. The SMILES string of the molecule is COc1ccc2c(c1)cc(C)n2Cc1ccc(N)cc1. The molecule has 0 atom stereocenters. The summed E-state index contributed by atoms with van der Waals surface area (Å²) in [5.41, 5.74) is 10.2. The van der Waals surface area contributed by atoms with E-state index in [0.717, 1.165) is 18.0 Å². The predicted molar refractivity (Wildman–Crippen MR) is 83.2 cm³/mol. The number of nitrogens with zero attached hydrogens (tertiary/aromatic N) is 1. The molecule has 3 aromatic rings. The van der Waals surface area contributed by atoms with Gasteiger partial charge in [0.1, 0.15) is 5.75 Å². The number of rotatable bonds is 3. The highest BCUT2D eigenvalue weighted by atomic mass is 16.5. The molecular formula is C17H18N2O. The zero-order chi connectivity index (χ0) is 14.1. The van der Waals surface area contributed by atoms with E-state index < -0.39 is 0 Å². The van der Waals surface area contributed by atoms with Crippen LogP contribution in [0.4, 0.5) is 5.69 Å². The summed E-state index contributed by atoms with van der Waals surface area (Å²) in [6.07, 6.45) is 0. The summed E-state index contributed by atoms with van der Waals surface area (Å²) >= 11 is 0. The van der Waals surface area contributed by atoms with Gasteiger partial charge < -0.3 is 15.0 Å². The summed E-state index contributed by atoms with van der Waals surface area (Å²) in [7, 11) is 1.69. The Hall–Kier alpha value is -2.42. The smallest absolute Gasteiger partial charge is 0.119 e. The third-order valence-electron chi connectivity index (χ3n) is 3.64. The third-order valence-corrected chi connectivity index (χ3v) is 3.64. The Morgan fingerprint density at radius 1 is 1.05 bits per heavy atom. The maximum atomic E-state index is 5.73. The number of benzene rings is 2. The zero-order valence-corrected chi connectivity index (χ0v) is 11.8. The van der Waals surface area contributed by atoms with Crippen LogP contribution in [-0.4, -0.2) is 11.7 Å². The average molecular weight is 266 g/mol. The minimum absolute atomic E-state index is 0.799. The first kappa shape index (κ1) is 12.6. The van der Waals surface area contributed by atoms with Crippen molar-refractivity contribution in [3.8, 4) is 5.75 Å². The molecule has 3 heteroatoms. The van der Waals surface area contributed by atoms with Crippen molar-refractivity contribution < 1.29 is 4.74 Å². The molecule has 20 heavy (non-hydrogen) atoms. The van der Waals surface area contributed by atoms with Gasteiger partial charge in [0.05, 0.1) is 7.11 Å². The topological polar surface area (TPSA) is 40.2 Å². The highest BCUT2D eigenvalue weighted by molar-refractivity contribution is 5.83. The van der Waals surface area contributed by atoms with E-state index in [4.69, 9.17) is 10.5 Å². The lowest BCUT2D eigenvalue weighted by atomic mass is 10.2. The van der Waals surface area contributed by atoms with Gasteiger partial charge in [-0.1, -0.05) is 12.1 Å². The van der Waals surface area contributed by atoms with Crippen molar-refractivity contribution in [1.82, 2.24) is 4.57 Å². The van der Waals surface area contributed by atoms with Gasteiger partial charge in [-0.3, -0.25) is 0 Å². The van der Waals surface area contributed by atoms with Gasteiger partial charge in [0, 0.05) is 28.8 Å². The Morgan fingerprint density at radius 3 is 2.50 bits per heavy atom. The van der Waals surface area contributed by atoms with Crippen LogP contribution in [0, 0.1) is 6.92 Å². The highest BCUT2D eigenvalue weighted by Gasteiger charge is 2.07. The molecule has 1 heterocycles. The molecule has 102 valence electrons. The van der Waals surface area contributed by atoms with Crippen LogP contribution >= 0.6 is 0 Å². The van der Waals surface area contributed by atoms with Crippen LogP contribution in [-0.2, 0) is 6.54 Å². The summed E-state index contributed by atoms with van der Waals surface area (Å²) in [4.78, 5) is 0. The third kappa shape index (κ3) is 2.23. The molecule has 0 aliphatic heterocycles. The van der Waals surface area contributed by atoms with Gasteiger partial charge in [0.2, 0.25) is 0 Å². The summed E-state index contributed by atoms with van der Waals surface area (Å²) in [5, 5.41) is 1.21. The quantitative estimate of drug-likeness (QED) is 0.736. The number of aromatic nitrogens is 1. The molecule has 0 fully saturated rings. The van der Waals surface area contributed by atoms with Crippen molar-refractivity contribution in [2.24, 2.45) is 0 Å². The van der Waals surface area contributed by atoms with Crippen molar-refractivity contribution in [3.05, 3.63) is 59.8 Å². The lowest BCUT2D eigenvalue weighted by Gasteiger charge is -2.09. The van der Waals surface area contributed by atoms with Gasteiger partial charge in [-0.25, -0.2) is 0 Å². The minimum atomic E-state index is 0.799. The van der Waals surface area contributed by atoms with E-state index in [-0.39, 0.29) is 0 Å². The summed E-state index contributed by atoms with van der Waals surface area (Å²) < 4.78 is 7.59. The second kappa shape index (κ2) is 4.93. The van der Waals surface area contributed by atoms with Gasteiger partial charge in [0.15, 0.2) is 0 Å². The van der Waals surface area contributed by atoms with Crippen molar-refractivity contribution in [2.45, 2.75) is 13.5 Å². The van der Waals surface area contributed by atoms with E-state index in [2.05, 4.69) is 41.8 Å². The number of aryl methyl sites for hydroxylation is 1. The lowest BCUT2D eigenvalue weighted by Crippen LogP contribution is -2.01. The van der Waals surface area contributed by atoms with E-state index in [1.54, 1.807) is 7.11 Å². The molecule has 0 aliphatic carbocycles. The van der Waals surface area contributed by atoms with Gasteiger partial charge in [-0.2, -0.15) is 0 Å². The van der Waals surface area contributed by atoms with Gasteiger partial charge in [-0.05, 0) is 48.9 Å². The standard InChI is InChI=1S/C17H18N2O/c1-12-9-14-10-16(20-2)7-8-17(14)19(12)11-13-3-5-15(18)6-4-13/h3-10H,11,18H2,1-2H3. The highest BCUT2D eigenvalue weighted by Crippen LogP contribution is 2.25. The number of anilines is 1. The molecule has 2 aromatic carbocycles. The molecule has 0 saturated carbocycles. The van der Waals surface area contributed by atoms with Crippen LogP contribution in [0.1, 0.15) is 11.3 Å². The molecule has 0 amide bonds. The normalized spacial score (nSPS) is 10.9. The van der Waals surface area contributed by atoms with E-state index in [1.807, 2.05) is 18.2 Å². The Bertz CT molecular complexity index is 742. The number of nitrogens with two attached hydrogens (primary N) is 1.